The number of imide groups is 1. The quantitative estimate of drug-likeness (QED) is 0.835. The van der Waals surface area contributed by atoms with Gasteiger partial charge in [0.25, 0.3) is 5.91 Å². The number of carbonyl (C=O) groups excluding carboxylic acids is 2. The van der Waals surface area contributed by atoms with Crippen molar-refractivity contribution in [1.82, 2.24) is 10.2 Å². The maximum Gasteiger partial charge on any atom is 0.416 e. The fourth-order valence-corrected chi connectivity index (χ4v) is 3.74. The molecule has 1 saturated heterocycles. The van der Waals surface area contributed by atoms with Crippen LogP contribution >= 0.6 is 0 Å². The molecular weight excluding hydrogens is 321 g/mol. The van der Waals surface area contributed by atoms with Crippen molar-refractivity contribution in [2.75, 3.05) is 0 Å². The fourth-order valence-electron chi connectivity index (χ4n) is 3.74. The van der Waals surface area contributed by atoms with Gasteiger partial charge >= 0.3 is 12.2 Å². The minimum Gasteiger partial charge on any atom is -0.323 e. The summed E-state index contributed by atoms with van der Waals surface area (Å²) in [5.74, 6) is -0.428. The van der Waals surface area contributed by atoms with E-state index >= 15 is 0 Å². The number of amides is 3. The van der Waals surface area contributed by atoms with Crippen molar-refractivity contribution in [3.05, 3.63) is 35.4 Å². The number of nitrogens with one attached hydrogen (secondary N) is 1. The predicted octanol–water partition coefficient (Wildman–Crippen LogP) is 3.71. The molecular formula is C17H19F3N2O2. The number of alkyl halides is 3. The number of rotatable bonds is 2. The van der Waals surface area contributed by atoms with E-state index in [1.807, 2.05) is 6.92 Å². The molecule has 1 spiro atoms. The highest BCUT2D eigenvalue weighted by atomic mass is 19.4. The Bertz CT molecular complexity index is 674. The molecule has 1 heterocycles. The third kappa shape index (κ3) is 2.65. The highest BCUT2D eigenvalue weighted by Gasteiger charge is 2.55. The summed E-state index contributed by atoms with van der Waals surface area (Å²) in [7, 11) is 0. The molecule has 0 radical (unpaired) electrons. The Balaban J connectivity index is 1.89. The number of carbonyl (C=O) groups is 2. The predicted molar refractivity (Wildman–Crippen MR) is 80.9 cm³/mol. The molecule has 130 valence electrons. The van der Waals surface area contributed by atoms with E-state index in [0.29, 0.717) is 6.42 Å². The van der Waals surface area contributed by atoms with Gasteiger partial charge < -0.3 is 5.32 Å². The Labute approximate surface area is 138 Å². The summed E-state index contributed by atoms with van der Waals surface area (Å²) in [6.07, 6.45) is -1.35. The van der Waals surface area contributed by atoms with Crippen LogP contribution in [-0.4, -0.2) is 22.4 Å². The summed E-state index contributed by atoms with van der Waals surface area (Å²) in [6, 6.07) is 4.43. The van der Waals surface area contributed by atoms with Gasteiger partial charge in [-0.15, -0.1) is 0 Å². The van der Waals surface area contributed by atoms with Crippen molar-refractivity contribution < 1.29 is 22.8 Å². The lowest BCUT2D eigenvalue weighted by molar-refractivity contribution is -0.140. The van der Waals surface area contributed by atoms with Gasteiger partial charge in [0.2, 0.25) is 0 Å². The van der Waals surface area contributed by atoms with Gasteiger partial charge in [0.1, 0.15) is 5.54 Å². The van der Waals surface area contributed by atoms with Gasteiger partial charge in [-0.25, -0.2) is 4.79 Å². The Morgan fingerprint density at radius 2 is 1.96 bits per heavy atom. The fraction of sp³-hybridized carbons (Fsp3) is 0.529. The number of halogens is 3. The minimum atomic E-state index is -4.52. The number of hydrogen-bond donors (Lipinski definition) is 1. The zero-order valence-corrected chi connectivity index (χ0v) is 13.3. The molecule has 0 aromatic heterocycles. The molecule has 1 aromatic carbocycles. The van der Waals surface area contributed by atoms with Crippen LogP contribution in [0, 0.1) is 5.92 Å². The van der Waals surface area contributed by atoms with Gasteiger partial charge in [-0.05, 0) is 30.4 Å². The Hall–Kier alpha value is -2.05. The van der Waals surface area contributed by atoms with Crippen LogP contribution in [0.4, 0.5) is 18.0 Å². The molecule has 3 rings (SSSR count). The lowest BCUT2D eigenvalue weighted by Gasteiger charge is -2.36. The molecule has 1 N–H and O–H groups in total. The number of benzene rings is 1. The van der Waals surface area contributed by atoms with E-state index in [4.69, 9.17) is 0 Å². The standard InChI is InChI=1S/C17H19F3N2O2/c1-11-6-4-5-9-16(11)14(23)22(15(24)21-16)10-12-7-2-3-8-13(12)17(18,19)20/h2-3,7-8,11H,4-6,9-10H2,1H3,(H,21,24)/t11-,16-/m1/s1. The van der Waals surface area contributed by atoms with E-state index in [2.05, 4.69) is 5.32 Å². The number of urea groups is 1. The molecule has 2 fully saturated rings. The average molecular weight is 340 g/mol. The van der Waals surface area contributed by atoms with Crippen molar-refractivity contribution in [3.63, 3.8) is 0 Å². The lowest BCUT2D eigenvalue weighted by Crippen LogP contribution is -2.53. The second kappa shape index (κ2) is 5.79. The van der Waals surface area contributed by atoms with Gasteiger partial charge in [0, 0.05) is 0 Å². The van der Waals surface area contributed by atoms with Crippen LogP contribution in [0.2, 0.25) is 0 Å². The Morgan fingerprint density at radius 1 is 1.25 bits per heavy atom. The van der Waals surface area contributed by atoms with Crippen molar-refractivity contribution >= 4 is 11.9 Å². The molecule has 1 aromatic rings. The van der Waals surface area contributed by atoms with E-state index in [-0.39, 0.29) is 18.0 Å². The Morgan fingerprint density at radius 3 is 2.62 bits per heavy atom. The zero-order valence-electron chi connectivity index (χ0n) is 13.3. The summed E-state index contributed by atoms with van der Waals surface area (Å²) in [4.78, 5) is 26.0. The van der Waals surface area contributed by atoms with Gasteiger partial charge in [-0.1, -0.05) is 38.0 Å². The smallest absolute Gasteiger partial charge is 0.323 e. The van der Waals surface area contributed by atoms with Crippen LogP contribution in [0.3, 0.4) is 0 Å². The minimum absolute atomic E-state index is 0.0226. The molecule has 2 aliphatic rings. The van der Waals surface area contributed by atoms with Gasteiger partial charge in [0.05, 0.1) is 12.1 Å². The number of hydrogen-bond acceptors (Lipinski definition) is 2. The molecule has 1 aliphatic carbocycles. The molecule has 3 amide bonds. The van der Waals surface area contributed by atoms with Crippen molar-refractivity contribution in [2.45, 2.75) is 50.9 Å². The maximum absolute atomic E-state index is 13.1. The molecule has 4 nitrogen and oxygen atoms in total. The largest absolute Gasteiger partial charge is 0.416 e. The first-order valence-corrected chi connectivity index (χ1v) is 8.05. The molecule has 0 unspecified atom stereocenters. The SMILES string of the molecule is C[C@@H]1CCCC[C@@]12NC(=O)N(Cc1ccccc1C(F)(F)F)C2=O. The van der Waals surface area contributed by atoms with Gasteiger partial charge in [0.15, 0.2) is 0 Å². The topological polar surface area (TPSA) is 49.4 Å². The van der Waals surface area contributed by atoms with Crippen LogP contribution in [0.5, 0.6) is 0 Å². The van der Waals surface area contributed by atoms with Crippen molar-refractivity contribution in [3.8, 4) is 0 Å². The highest BCUT2D eigenvalue weighted by molar-refractivity contribution is 6.07. The summed E-state index contributed by atoms with van der Waals surface area (Å²) in [5.41, 5.74) is -1.85. The van der Waals surface area contributed by atoms with E-state index in [1.165, 1.54) is 18.2 Å². The van der Waals surface area contributed by atoms with E-state index in [1.54, 1.807) is 0 Å². The first-order valence-electron chi connectivity index (χ1n) is 8.05. The van der Waals surface area contributed by atoms with Crippen LogP contribution in [0.1, 0.15) is 43.7 Å². The molecule has 0 bridgehead atoms. The molecule has 2 atom stereocenters. The first-order chi connectivity index (χ1) is 11.3. The van der Waals surface area contributed by atoms with E-state index in [9.17, 15) is 22.8 Å². The average Bonchev–Trinajstić information content (AvgIpc) is 2.75. The first kappa shape index (κ1) is 16.8. The van der Waals surface area contributed by atoms with Crippen molar-refractivity contribution in [2.24, 2.45) is 5.92 Å². The third-order valence-corrected chi connectivity index (χ3v) is 5.15. The van der Waals surface area contributed by atoms with E-state index in [0.717, 1.165) is 30.2 Å². The monoisotopic (exact) mass is 340 g/mol. The Kier molecular flexibility index (Phi) is 4.05. The van der Waals surface area contributed by atoms with Crippen molar-refractivity contribution in [1.29, 1.82) is 0 Å². The lowest BCUT2D eigenvalue weighted by atomic mass is 9.73. The molecule has 24 heavy (non-hydrogen) atoms. The summed E-state index contributed by atoms with van der Waals surface area (Å²) in [5, 5.41) is 2.75. The van der Waals surface area contributed by atoms with Crippen LogP contribution in [-0.2, 0) is 17.5 Å². The normalized spacial score (nSPS) is 27.7. The number of nitrogens with zero attached hydrogens (tertiary/aromatic N) is 1. The summed E-state index contributed by atoms with van der Waals surface area (Å²) < 4.78 is 39.4. The van der Waals surface area contributed by atoms with E-state index < -0.39 is 29.2 Å². The third-order valence-electron chi connectivity index (χ3n) is 5.15. The molecule has 7 heteroatoms. The zero-order chi connectivity index (χ0) is 17.5. The van der Waals surface area contributed by atoms with Crippen LogP contribution in [0.15, 0.2) is 24.3 Å². The molecule has 1 aliphatic heterocycles. The maximum atomic E-state index is 13.1. The highest BCUT2D eigenvalue weighted by Crippen LogP contribution is 2.39. The summed E-state index contributed by atoms with van der Waals surface area (Å²) >= 11 is 0. The van der Waals surface area contributed by atoms with Crippen LogP contribution in [0.25, 0.3) is 0 Å². The van der Waals surface area contributed by atoms with Gasteiger partial charge in [-0.3, -0.25) is 9.69 Å². The molecule has 1 saturated carbocycles. The second-order valence-corrected chi connectivity index (χ2v) is 6.59. The van der Waals surface area contributed by atoms with Crippen LogP contribution < -0.4 is 5.32 Å². The second-order valence-electron chi connectivity index (χ2n) is 6.59. The summed E-state index contributed by atoms with van der Waals surface area (Å²) in [6.45, 7) is 1.54. The van der Waals surface area contributed by atoms with Gasteiger partial charge in [-0.2, -0.15) is 13.2 Å².